The molecule has 2 aromatic rings. The highest BCUT2D eigenvalue weighted by Crippen LogP contribution is 2.25. The number of hydrogen-bond acceptors (Lipinski definition) is 3. The van der Waals surface area contributed by atoms with Crippen molar-refractivity contribution in [3.05, 3.63) is 62.8 Å². The lowest BCUT2D eigenvalue weighted by Crippen LogP contribution is -2.30. The van der Waals surface area contributed by atoms with Crippen LogP contribution in [0.3, 0.4) is 0 Å². The minimum Gasteiger partial charge on any atom is -0.271 e. The van der Waals surface area contributed by atoms with Crippen LogP contribution < -0.4 is 11.3 Å². The third kappa shape index (κ3) is 3.76. The van der Waals surface area contributed by atoms with E-state index in [0.29, 0.717) is 6.42 Å². The topological polar surface area (TPSA) is 50.9 Å². The van der Waals surface area contributed by atoms with E-state index in [2.05, 4.69) is 26.3 Å². The Hall–Kier alpha value is -0.940. The van der Waals surface area contributed by atoms with Gasteiger partial charge >= 0.3 is 0 Å². The summed E-state index contributed by atoms with van der Waals surface area (Å²) >= 11 is 9.63. The highest BCUT2D eigenvalue weighted by Gasteiger charge is 2.14. The van der Waals surface area contributed by atoms with Gasteiger partial charge in [-0.15, -0.1) is 0 Å². The van der Waals surface area contributed by atoms with Crippen LogP contribution in [0.15, 0.2) is 41.0 Å². The van der Waals surface area contributed by atoms with E-state index in [1.54, 1.807) is 6.20 Å². The Morgan fingerprint density at radius 2 is 2.16 bits per heavy atom. The summed E-state index contributed by atoms with van der Waals surface area (Å²) in [6.07, 6.45) is 2.48. The molecule has 1 unspecified atom stereocenters. The molecule has 3 N–H and O–H groups in total. The fourth-order valence-corrected chi connectivity index (χ4v) is 2.66. The van der Waals surface area contributed by atoms with Crippen molar-refractivity contribution in [3.63, 3.8) is 0 Å². The first-order valence-electron chi connectivity index (χ1n) is 5.92. The molecule has 2 rings (SSSR count). The monoisotopic (exact) mass is 339 g/mol. The largest absolute Gasteiger partial charge is 0.271 e. The van der Waals surface area contributed by atoms with Gasteiger partial charge in [-0.25, -0.2) is 0 Å². The molecule has 1 aromatic heterocycles. The third-order valence-electron chi connectivity index (χ3n) is 2.93. The summed E-state index contributed by atoms with van der Waals surface area (Å²) in [4.78, 5) is 4.36. The van der Waals surface area contributed by atoms with Crippen molar-refractivity contribution in [2.24, 2.45) is 5.84 Å². The highest BCUT2D eigenvalue weighted by atomic mass is 79.9. The van der Waals surface area contributed by atoms with E-state index in [1.807, 2.05) is 37.3 Å². The quantitative estimate of drug-likeness (QED) is 0.661. The number of nitrogens with zero attached hydrogens (tertiary/aromatic N) is 1. The Morgan fingerprint density at radius 1 is 1.37 bits per heavy atom. The van der Waals surface area contributed by atoms with Crippen molar-refractivity contribution >= 4 is 27.5 Å². The van der Waals surface area contributed by atoms with Gasteiger partial charge < -0.3 is 0 Å². The number of halogens is 2. The van der Waals surface area contributed by atoms with E-state index < -0.39 is 0 Å². The molecular weight excluding hydrogens is 326 g/mol. The van der Waals surface area contributed by atoms with Crippen LogP contribution in [-0.2, 0) is 6.42 Å². The molecule has 1 heterocycles. The second-order valence-corrected chi connectivity index (χ2v) is 5.74. The Kier molecular flexibility index (Phi) is 4.93. The summed E-state index contributed by atoms with van der Waals surface area (Å²) in [6, 6.07) is 9.78. The van der Waals surface area contributed by atoms with Crippen molar-refractivity contribution in [2.75, 3.05) is 0 Å². The summed E-state index contributed by atoms with van der Waals surface area (Å²) in [5, 5.41) is 0.724. The number of nitrogens with one attached hydrogen (secondary N) is 1. The summed E-state index contributed by atoms with van der Waals surface area (Å²) in [5.41, 5.74) is 5.92. The van der Waals surface area contributed by atoms with E-state index >= 15 is 0 Å². The van der Waals surface area contributed by atoms with Crippen LogP contribution in [0.2, 0.25) is 5.02 Å². The van der Waals surface area contributed by atoms with Crippen molar-refractivity contribution < 1.29 is 0 Å². The van der Waals surface area contributed by atoms with Gasteiger partial charge in [-0.2, -0.15) is 0 Å². The van der Waals surface area contributed by atoms with Gasteiger partial charge in [0.25, 0.3) is 0 Å². The molecule has 1 atom stereocenters. The number of hydrazine groups is 1. The van der Waals surface area contributed by atoms with Crippen LogP contribution in [0.5, 0.6) is 0 Å². The maximum atomic E-state index is 6.23. The van der Waals surface area contributed by atoms with Crippen molar-refractivity contribution in [1.29, 1.82) is 0 Å². The molecule has 100 valence electrons. The van der Waals surface area contributed by atoms with E-state index in [9.17, 15) is 0 Å². The fraction of sp³-hybridized carbons (Fsp3) is 0.214. The molecular formula is C14H15BrClN3. The molecule has 0 aliphatic heterocycles. The molecule has 0 bridgehead atoms. The van der Waals surface area contributed by atoms with Crippen molar-refractivity contribution in [2.45, 2.75) is 19.4 Å². The van der Waals surface area contributed by atoms with Gasteiger partial charge in [0.2, 0.25) is 0 Å². The second kappa shape index (κ2) is 6.48. The zero-order valence-electron chi connectivity index (χ0n) is 10.5. The van der Waals surface area contributed by atoms with Crippen LogP contribution in [0.25, 0.3) is 0 Å². The number of aromatic nitrogens is 1. The van der Waals surface area contributed by atoms with E-state index in [1.165, 1.54) is 0 Å². The normalized spacial score (nSPS) is 12.4. The maximum Gasteiger partial charge on any atom is 0.0673 e. The van der Waals surface area contributed by atoms with E-state index in [4.69, 9.17) is 17.4 Å². The Labute approximate surface area is 126 Å². The van der Waals surface area contributed by atoms with Gasteiger partial charge in [0.1, 0.15) is 0 Å². The molecule has 0 spiro atoms. The number of aryl methyl sites for hydroxylation is 1. The van der Waals surface area contributed by atoms with Gasteiger partial charge in [0, 0.05) is 15.7 Å². The van der Waals surface area contributed by atoms with Gasteiger partial charge in [-0.1, -0.05) is 33.6 Å². The summed E-state index contributed by atoms with van der Waals surface area (Å²) in [7, 11) is 0. The van der Waals surface area contributed by atoms with Gasteiger partial charge in [-0.05, 0) is 48.7 Å². The van der Waals surface area contributed by atoms with Crippen LogP contribution in [0.4, 0.5) is 0 Å². The van der Waals surface area contributed by atoms with Crippen LogP contribution in [0, 0.1) is 6.92 Å². The third-order valence-corrected chi connectivity index (χ3v) is 3.78. The molecule has 0 radical (unpaired) electrons. The molecule has 0 saturated carbocycles. The zero-order valence-corrected chi connectivity index (χ0v) is 12.9. The lowest BCUT2D eigenvalue weighted by molar-refractivity contribution is 0.538. The number of rotatable bonds is 4. The average Bonchev–Trinajstić information content (AvgIpc) is 2.38. The SMILES string of the molecule is Cc1ccnc(C(Cc2ccc(Br)cc2Cl)NN)c1. The Balaban J connectivity index is 2.24. The first-order chi connectivity index (χ1) is 9.10. The molecule has 0 saturated heterocycles. The standard InChI is InChI=1S/C14H15BrClN3/c1-9-4-5-18-13(6-9)14(19-17)7-10-2-3-11(15)8-12(10)16/h2-6,8,14,19H,7,17H2,1H3. The predicted octanol–water partition coefficient (Wildman–Crippen LogP) is 3.55. The molecule has 19 heavy (non-hydrogen) atoms. The average molecular weight is 341 g/mol. The van der Waals surface area contributed by atoms with Crippen LogP contribution in [-0.4, -0.2) is 4.98 Å². The predicted molar refractivity (Wildman–Crippen MR) is 81.9 cm³/mol. The number of pyridine rings is 1. The summed E-state index contributed by atoms with van der Waals surface area (Å²) in [6.45, 7) is 2.03. The number of nitrogens with two attached hydrogens (primary N) is 1. The van der Waals surface area contributed by atoms with Crippen LogP contribution >= 0.6 is 27.5 Å². The van der Waals surface area contributed by atoms with Gasteiger partial charge in [0.15, 0.2) is 0 Å². The lowest BCUT2D eigenvalue weighted by atomic mass is 10.0. The molecule has 0 fully saturated rings. The minimum atomic E-state index is -0.0569. The molecule has 0 aliphatic carbocycles. The Bertz CT molecular complexity index is 574. The molecule has 3 nitrogen and oxygen atoms in total. The van der Waals surface area contributed by atoms with E-state index in [0.717, 1.165) is 26.3 Å². The van der Waals surface area contributed by atoms with E-state index in [-0.39, 0.29) is 6.04 Å². The molecule has 0 amide bonds. The number of hydrogen-bond donors (Lipinski definition) is 2. The fourth-order valence-electron chi connectivity index (χ4n) is 1.91. The Morgan fingerprint density at radius 3 is 2.79 bits per heavy atom. The lowest BCUT2D eigenvalue weighted by Gasteiger charge is -2.16. The smallest absolute Gasteiger partial charge is 0.0673 e. The zero-order chi connectivity index (χ0) is 13.8. The summed E-state index contributed by atoms with van der Waals surface area (Å²) in [5.74, 6) is 5.64. The maximum absolute atomic E-state index is 6.23. The van der Waals surface area contributed by atoms with Gasteiger partial charge in [-0.3, -0.25) is 16.3 Å². The minimum absolute atomic E-state index is 0.0569. The summed E-state index contributed by atoms with van der Waals surface area (Å²) < 4.78 is 0.965. The number of benzene rings is 1. The first-order valence-corrected chi connectivity index (χ1v) is 7.10. The van der Waals surface area contributed by atoms with Crippen LogP contribution in [0.1, 0.15) is 22.9 Å². The van der Waals surface area contributed by atoms with Gasteiger partial charge in [0.05, 0.1) is 11.7 Å². The highest BCUT2D eigenvalue weighted by molar-refractivity contribution is 9.10. The van der Waals surface area contributed by atoms with Crippen molar-refractivity contribution in [1.82, 2.24) is 10.4 Å². The molecule has 5 heteroatoms. The second-order valence-electron chi connectivity index (χ2n) is 4.42. The molecule has 1 aromatic carbocycles. The first kappa shape index (κ1) is 14.5. The van der Waals surface area contributed by atoms with Crippen molar-refractivity contribution in [3.8, 4) is 0 Å². The molecule has 0 aliphatic rings.